The predicted molar refractivity (Wildman–Crippen MR) is 136 cm³/mol. The second-order valence-electron chi connectivity index (χ2n) is 9.27. The summed E-state index contributed by atoms with van der Waals surface area (Å²) >= 11 is 0. The summed E-state index contributed by atoms with van der Waals surface area (Å²) in [6.07, 6.45) is 2.23. The summed E-state index contributed by atoms with van der Waals surface area (Å²) in [4.78, 5) is 40.6. The van der Waals surface area contributed by atoms with E-state index < -0.39 is 35.7 Å². The zero-order chi connectivity index (χ0) is 26.2. The molecule has 1 unspecified atom stereocenters. The van der Waals surface area contributed by atoms with E-state index in [9.17, 15) is 24.6 Å². The number of amides is 1. The number of aromatic amines is 1. The van der Waals surface area contributed by atoms with Crippen LogP contribution in [0.4, 0.5) is 0 Å². The summed E-state index contributed by atoms with van der Waals surface area (Å²) in [6.45, 7) is 0. The van der Waals surface area contributed by atoms with Crippen molar-refractivity contribution in [3.63, 3.8) is 0 Å². The van der Waals surface area contributed by atoms with E-state index in [-0.39, 0.29) is 84.8 Å². The van der Waals surface area contributed by atoms with Crippen molar-refractivity contribution in [2.24, 2.45) is 11.8 Å². The fourth-order valence-corrected chi connectivity index (χ4v) is 4.69. The molecule has 0 saturated heterocycles. The Morgan fingerprint density at radius 2 is 1.23 bits per heavy atom. The number of rotatable bonds is 12. The van der Waals surface area contributed by atoms with Crippen molar-refractivity contribution >= 4 is 28.7 Å². The Hall–Kier alpha value is -2.39. The van der Waals surface area contributed by atoms with Gasteiger partial charge in [-0.05, 0) is 42.0 Å². The molecule has 3 aromatic carbocycles. The number of benzene rings is 3. The van der Waals surface area contributed by atoms with Crippen molar-refractivity contribution in [2.75, 3.05) is 0 Å². The number of aromatic nitrogens is 1. The molecule has 4 rings (SSSR count). The molecule has 190 valence electrons. The zero-order valence-electron chi connectivity index (χ0n) is 22.3. The van der Waals surface area contributed by atoms with Crippen molar-refractivity contribution < 1.29 is 83.7 Å². The Labute approximate surface area is 272 Å². The van der Waals surface area contributed by atoms with E-state index in [0.29, 0.717) is 0 Å². The first-order chi connectivity index (χ1) is 17.9. The zero-order valence-corrected chi connectivity index (χ0v) is 26.3. The monoisotopic (exact) mass is 542 g/mol. The maximum atomic E-state index is 13.4. The molecule has 4 aromatic rings. The SMILES string of the molecule is O=C([O-])C(Cc1c[nH]c2ccccc12)NC(=O)[C@H](Cc1ccccc1)C[C@@H](Cc1ccccc1)C(=O)[O-].[Na+].[Na+]. The van der Waals surface area contributed by atoms with Crippen molar-refractivity contribution in [1.82, 2.24) is 10.3 Å². The molecular weight excluding hydrogens is 514 g/mol. The Kier molecular flexibility index (Phi) is 13.5. The molecule has 0 aliphatic carbocycles. The van der Waals surface area contributed by atoms with Crippen LogP contribution in [0.2, 0.25) is 0 Å². The van der Waals surface area contributed by atoms with Crippen molar-refractivity contribution in [3.05, 3.63) is 108 Å². The molecule has 0 spiro atoms. The number of carbonyl (C=O) groups is 3. The van der Waals surface area contributed by atoms with Gasteiger partial charge >= 0.3 is 59.1 Å². The van der Waals surface area contributed by atoms with Crippen LogP contribution in [-0.4, -0.2) is 28.9 Å². The molecule has 1 amide bonds. The fraction of sp³-hybridized carbons (Fsp3) is 0.233. The minimum atomic E-state index is -1.40. The number of carboxylic acids is 2. The van der Waals surface area contributed by atoms with Gasteiger partial charge in [-0.25, -0.2) is 0 Å². The third-order valence-electron chi connectivity index (χ3n) is 6.62. The summed E-state index contributed by atoms with van der Waals surface area (Å²) < 4.78 is 0. The summed E-state index contributed by atoms with van der Waals surface area (Å²) in [5.74, 6) is -4.88. The number of carbonyl (C=O) groups excluding carboxylic acids is 3. The first kappa shape index (κ1) is 32.8. The largest absolute Gasteiger partial charge is 1.00 e. The van der Waals surface area contributed by atoms with Gasteiger partial charge in [0.05, 0.1) is 12.0 Å². The van der Waals surface area contributed by atoms with Gasteiger partial charge in [0.25, 0.3) is 0 Å². The van der Waals surface area contributed by atoms with Crippen molar-refractivity contribution in [1.29, 1.82) is 0 Å². The summed E-state index contributed by atoms with van der Waals surface area (Å²) in [7, 11) is 0. The number of para-hydroxylation sites is 1. The average molecular weight is 543 g/mol. The molecule has 7 nitrogen and oxygen atoms in total. The average Bonchev–Trinajstić information content (AvgIpc) is 3.31. The van der Waals surface area contributed by atoms with Gasteiger partial charge in [0.1, 0.15) is 0 Å². The van der Waals surface area contributed by atoms with E-state index in [0.717, 1.165) is 27.6 Å². The normalized spacial score (nSPS) is 12.8. The standard InChI is InChI=1S/C30H30N2O5.2Na/c33-28(32-27(30(36)37)18-24-19-31-26-14-8-7-13-25(24)26)22(15-20-9-3-1-4-10-20)17-23(29(34)35)16-21-11-5-2-6-12-21;;/h1-14,19,22-23,27,31H,15-18H2,(H,32,33)(H,34,35)(H,36,37);;/q;2*+1/p-2/t22-,23-,27?;;/m1../s1. The van der Waals surface area contributed by atoms with Gasteiger partial charge in [-0.1, -0.05) is 78.9 Å². The number of aliphatic carboxylic acids is 2. The van der Waals surface area contributed by atoms with Crippen LogP contribution in [0.5, 0.6) is 0 Å². The van der Waals surface area contributed by atoms with E-state index in [2.05, 4.69) is 10.3 Å². The van der Waals surface area contributed by atoms with Gasteiger partial charge in [-0.15, -0.1) is 0 Å². The first-order valence-corrected chi connectivity index (χ1v) is 12.3. The minimum absolute atomic E-state index is 0. The first-order valence-electron chi connectivity index (χ1n) is 12.3. The number of fused-ring (bicyclic) bond motifs is 1. The van der Waals surface area contributed by atoms with E-state index >= 15 is 0 Å². The molecule has 0 fully saturated rings. The van der Waals surface area contributed by atoms with Crippen LogP contribution in [0.3, 0.4) is 0 Å². The maximum absolute atomic E-state index is 13.4. The summed E-state index contributed by atoms with van der Waals surface area (Å²) in [5, 5.41) is 27.5. The molecule has 3 atom stereocenters. The predicted octanol–water partition coefficient (Wildman–Crippen LogP) is -4.19. The molecule has 1 heterocycles. The molecule has 1 aromatic heterocycles. The van der Waals surface area contributed by atoms with Gasteiger partial charge in [0.15, 0.2) is 0 Å². The summed E-state index contributed by atoms with van der Waals surface area (Å²) in [6, 6.07) is 24.6. The number of hydrogen-bond acceptors (Lipinski definition) is 5. The molecule has 0 saturated carbocycles. The van der Waals surface area contributed by atoms with Gasteiger partial charge < -0.3 is 30.1 Å². The second-order valence-corrected chi connectivity index (χ2v) is 9.27. The van der Waals surface area contributed by atoms with Gasteiger partial charge in [0.2, 0.25) is 5.91 Å². The van der Waals surface area contributed by atoms with E-state index in [1.54, 1.807) is 6.20 Å². The van der Waals surface area contributed by atoms with Gasteiger partial charge in [0, 0.05) is 41.3 Å². The maximum Gasteiger partial charge on any atom is 1.00 e. The van der Waals surface area contributed by atoms with Crippen molar-refractivity contribution in [3.8, 4) is 0 Å². The number of H-pyrrole nitrogens is 1. The van der Waals surface area contributed by atoms with E-state index in [1.165, 1.54) is 0 Å². The Bertz CT molecular complexity index is 1360. The Morgan fingerprint density at radius 3 is 1.79 bits per heavy atom. The molecule has 0 aliphatic heterocycles. The topological polar surface area (TPSA) is 125 Å². The second kappa shape index (κ2) is 16.0. The molecule has 0 radical (unpaired) electrons. The third-order valence-corrected chi connectivity index (χ3v) is 6.62. The fourth-order valence-electron chi connectivity index (χ4n) is 4.69. The smallest absolute Gasteiger partial charge is 0.550 e. The third kappa shape index (κ3) is 9.34. The van der Waals surface area contributed by atoms with E-state index in [4.69, 9.17) is 0 Å². The van der Waals surface area contributed by atoms with E-state index in [1.807, 2.05) is 84.9 Å². The Morgan fingerprint density at radius 1 is 0.692 bits per heavy atom. The molecule has 2 N–H and O–H groups in total. The van der Waals surface area contributed by atoms with Gasteiger partial charge in [-0.2, -0.15) is 0 Å². The van der Waals surface area contributed by atoms with Crippen molar-refractivity contribution in [2.45, 2.75) is 31.7 Å². The number of hydrogen-bond donors (Lipinski definition) is 2. The Balaban J connectivity index is 0.00000267. The van der Waals surface area contributed by atoms with Crippen LogP contribution >= 0.6 is 0 Å². The number of carboxylic acid groups (broad SMARTS) is 2. The molecule has 0 aliphatic rings. The number of nitrogens with one attached hydrogen (secondary N) is 2. The van der Waals surface area contributed by atoms with Crippen LogP contribution in [0.1, 0.15) is 23.1 Å². The molecule has 9 heteroatoms. The molecule has 39 heavy (non-hydrogen) atoms. The van der Waals surface area contributed by atoms with Crippen LogP contribution in [-0.2, 0) is 33.6 Å². The van der Waals surface area contributed by atoms with Crippen LogP contribution in [0.25, 0.3) is 10.9 Å². The molecule has 0 bridgehead atoms. The molecular formula is C30H28N2Na2O5. The van der Waals surface area contributed by atoms with Crippen LogP contribution < -0.4 is 74.6 Å². The quantitative estimate of drug-likeness (QED) is 0.176. The minimum Gasteiger partial charge on any atom is -0.550 e. The van der Waals surface area contributed by atoms with Crippen LogP contribution in [0, 0.1) is 11.8 Å². The summed E-state index contributed by atoms with van der Waals surface area (Å²) in [5.41, 5.74) is 3.27. The van der Waals surface area contributed by atoms with Gasteiger partial charge in [-0.3, -0.25) is 4.79 Å². The van der Waals surface area contributed by atoms with Crippen LogP contribution in [0.15, 0.2) is 91.1 Å².